The molecule has 0 saturated carbocycles. The van der Waals surface area contributed by atoms with Crippen molar-refractivity contribution in [1.82, 2.24) is 10.2 Å². The molecule has 0 radical (unpaired) electrons. The Morgan fingerprint density at radius 3 is 2.08 bits per heavy atom. The fourth-order valence-corrected chi connectivity index (χ4v) is 2.48. The zero-order valence-electron chi connectivity index (χ0n) is 15.9. The first-order chi connectivity index (χ1) is 12.3. The number of ether oxygens (including phenoxy) is 1. The van der Waals surface area contributed by atoms with Crippen LogP contribution in [0, 0.1) is 0 Å². The van der Waals surface area contributed by atoms with Gasteiger partial charge in [-0.05, 0) is 32.9 Å². The van der Waals surface area contributed by atoms with E-state index in [4.69, 9.17) is 4.74 Å². The van der Waals surface area contributed by atoms with Crippen LogP contribution in [0.2, 0.25) is 0 Å². The molecule has 0 aliphatic rings. The van der Waals surface area contributed by atoms with Gasteiger partial charge in [0.25, 0.3) is 0 Å². The lowest BCUT2D eigenvalue weighted by atomic mass is 10.2. The highest BCUT2D eigenvalue weighted by Crippen LogP contribution is 2.19. The number of rotatable bonds is 9. The average molecular weight is 358 g/mol. The van der Waals surface area contributed by atoms with Crippen molar-refractivity contribution in [1.29, 1.82) is 0 Å². The van der Waals surface area contributed by atoms with Crippen molar-refractivity contribution in [3.8, 4) is 11.5 Å². The first kappa shape index (κ1) is 20.2. The van der Waals surface area contributed by atoms with Gasteiger partial charge < -0.3 is 20.3 Å². The van der Waals surface area contributed by atoms with E-state index in [0.29, 0.717) is 31.3 Å². The minimum atomic E-state index is -0.222. The molecule has 0 saturated heterocycles. The fraction of sp³-hybridized carbons (Fsp3) is 0.429. The third-order valence-electron chi connectivity index (χ3n) is 3.98. The van der Waals surface area contributed by atoms with Crippen molar-refractivity contribution in [2.75, 3.05) is 19.8 Å². The summed E-state index contributed by atoms with van der Waals surface area (Å²) in [6.07, 6.45) is 0. The Balaban J connectivity index is 1.89. The Morgan fingerprint density at radius 1 is 0.923 bits per heavy atom. The summed E-state index contributed by atoms with van der Waals surface area (Å²) in [5.41, 5.74) is 1.54. The van der Waals surface area contributed by atoms with Crippen LogP contribution in [0.15, 0.2) is 48.5 Å². The molecule has 0 aliphatic carbocycles. The van der Waals surface area contributed by atoms with Crippen molar-refractivity contribution < 1.29 is 14.9 Å². The van der Waals surface area contributed by atoms with Gasteiger partial charge in [-0.2, -0.15) is 0 Å². The average Bonchev–Trinajstić information content (AvgIpc) is 2.59. The van der Waals surface area contributed by atoms with Gasteiger partial charge in [-0.15, -0.1) is 0 Å². The Labute approximate surface area is 156 Å². The van der Waals surface area contributed by atoms with Crippen LogP contribution in [0.4, 0.5) is 0 Å². The largest absolute Gasteiger partial charge is 0.508 e. The first-order valence-electron chi connectivity index (χ1n) is 8.96. The van der Waals surface area contributed by atoms with Crippen LogP contribution in [0.25, 0.3) is 0 Å². The Hall–Kier alpha value is -2.08. The Bertz CT molecular complexity index is 683. The number of phenols is 2. The Morgan fingerprint density at radius 2 is 1.50 bits per heavy atom. The van der Waals surface area contributed by atoms with E-state index < -0.39 is 0 Å². The molecule has 5 nitrogen and oxygen atoms in total. The number of hydrogen-bond donors (Lipinski definition) is 3. The molecule has 5 heteroatoms. The van der Waals surface area contributed by atoms with Gasteiger partial charge >= 0.3 is 0 Å². The molecule has 0 fully saturated rings. The molecule has 0 heterocycles. The van der Waals surface area contributed by atoms with E-state index in [-0.39, 0.29) is 5.60 Å². The summed E-state index contributed by atoms with van der Waals surface area (Å²) < 4.78 is 5.91. The van der Waals surface area contributed by atoms with E-state index in [2.05, 4.69) is 10.2 Å². The van der Waals surface area contributed by atoms with Crippen molar-refractivity contribution in [2.45, 2.75) is 39.5 Å². The summed E-state index contributed by atoms with van der Waals surface area (Å²) >= 11 is 0. The summed E-state index contributed by atoms with van der Waals surface area (Å²) in [7, 11) is 0. The molecule has 0 spiro atoms. The normalized spacial score (nSPS) is 11.8. The summed E-state index contributed by atoms with van der Waals surface area (Å²) in [6, 6.07) is 14.7. The lowest BCUT2D eigenvalue weighted by Crippen LogP contribution is -2.36. The van der Waals surface area contributed by atoms with E-state index in [1.165, 1.54) is 0 Å². The number of benzene rings is 2. The molecule has 0 aliphatic heterocycles. The highest BCUT2D eigenvalue weighted by atomic mass is 16.5. The maximum absolute atomic E-state index is 10.0. The number of aromatic hydroxyl groups is 2. The topological polar surface area (TPSA) is 65.0 Å². The van der Waals surface area contributed by atoms with E-state index in [1.807, 2.05) is 57.2 Å². The van der Waals surface area contributed by atoms with Gasteiger partial charge in [-0.25, -0.2) is 0 Å². The van der Waals surface area contributed by atoms with E-state index in [1.54, 1.807) is 12.1 Å². The van der Waals surface area contributed by atoms with Crippen LogP contribution in [0.1, 0.15) is 31.9 Å². The molecule has 2 rings (SSSR count). The minimum absolute atomic E-state index is 0.222. The van der Waals surface area contributed by atoms with E-state index in [0.717, 1.165) is 24.2 Å². The second-order valence-corrected chi connectivity index (χ2v) is 7.37. The van der Waals surface area contributed by atoms with Gasteiger partial charge in [0.1, 0.15) is 18.2 Å². The van der Waals surface area contributed by atoms with Crippen molar-refractivity contribution in [3.63, 3.8) is 0 Å². The first-order valence-corrected chi connectivity index (χ1v) is 8.96. The maximum atomic E-state index is 10.0. The Kier molecular flexibility index (Phi) is 7.45. The number of para-hydroxylation sites is 2. The summed E-state index contributed by atoms with van der Waals surface area (Å²) in [4.78, 5) is 2.15. The second kappa shape index (κ2) is 9.57. The zero-order valence-corrected chi connectivity index (χ0v) is 15.9. The predicted octanol–water partition coefficient (Wildman–Crippen LogP) is 3.46. The van der Waals surface area contributed by atoms with Gasteiger partial charge in [0.2, 0.25) is 0 Å². The highest BCUT2D eigenvalue weighted by Gasteiger charge is 2.15. The molecule has 0 atom stereocenters. The zero-order chi connectivity index (χ0) is 19.0. The lowest BCUT2D eigenvalue weighted by molar-refractivity contribution is -0.0658. The van der Waals surface area contributed by atoms with Crippen molar-refractivity contribution >= 4 is 0 Å². The molecule has 26 heavy (non-hydrogen) atoms. The van der Waals surface area contributed by atoms with Gasteiger partial charge in [0.15, 0.2) is 0 Å². The second-order valence-electron chi connectivity index (χ2n) is 7.37. The number of phenolic OH excluding ortho intramolecular Hbond substituents is 2. The number of hydrogen-bond acceptors (Lipinski definition) is 5. The number of nitrogens with zero attached hydrogens (tertiary/aromatic N) is 1. The van der Waals surface area contributed by atoms with E-state index in [9.17, 15) is 10.2 Å². The molecule has 2 aromatic rings. The van der Waals surface area contributed by atoms with Crippen LogP contribution in [-0.2, 0) is 17.8 Å². The maximum Gasteiger partial charge on any atom is 0.120 e. The van der Waals surface area contributed by atoms with Gasteiger partial charge in [0, 0.05) is 37.3 Å². The minimum Gasteiger partial charge on any atom is -0.508 e. The third kappa shape index (κ3) is 7.04. The van der Waals surface area contributed by atoms with Gasteiger partial charge in [-0.3, -0.25) is 4.90 Å². The van der Waals surface area contributed by atoms with Crippen LogP contribution >= 0.6 is 0 Å². The quantitative estimate of drug-likeness (QED) is 0.473. The van der Waals surface area contributed by atoms with E-state index >= 15 is 0 Å². The molecule has 2 aromatic carbocycles. The molecular weight excluding hydrogens is 328 g/mol. The summed E-state index contributed by atoms with van der Waals surface area (Å²) in [6.45, 7) is 9.30. The van der Waals surface area contributed by atoms with Crippen LogP contribution < -0.4 is 5.32 Å². The van der Waals surface area contributed by atoms with Gasteiger partial charge in [-0.1, -0.05) is 36.4 Å². The summed E-state index contributed by atoms with van der Waals surface area (Å²) in [5, 5.41) is 23.2. The highest BCUT2D eigenvalue weighted by molar-refractivity contribution is 5.32. The van der Waals surface area contributed by atoms with Crippen LogP contribution in [-0.4, -0.2) is 40.5 Å². The smallest absolute Gasteiger partial charge is 0.120 e. The molecule has 0 amide bonds. The lowest BCUT2D eigenvalue weighted by Gasteiger charge is -2.28. The van der Waals surface area contributed by atoms with Crippen molar-refractivity contribution in [2.24, 2.45) is 0 Å². The fourth-order valence-electron chi connectivity index (χ4n) is 2.48. The molecular formula is C21H30N2O3. The predicted molar refractivity (Wildman–Crippen MR) is 104 cm³/mol. The van der Waals surface area contributed by atoms with Crippen molar-refractivity contribution in [3.05, 3.63) is 59.7 Å². The summed E-state index contributed by atoms with van der Waals surface area (Å²) in [5.74, 6) is 0.609. The molecule has 0 bridgehead atoms. The molecule has 142 valence electrons. The standard InChI is InChI=1S/C21H30N2O3/c1-21(2,3)26-16-23(15-18-9-5-7-11-20(18)25)13-12-22-14-17-8-4-6-10-19(17)24/h4-11,22,24-25H,12-16H2,1-3H3. The molecule has 3 N–H and O–H groups in total. The molecule has 0 unspecified atom stereocenters. The van der Waals surface area contributed by atoms with Crippen LogP contribution in [0.5, 0.6) is 11.5 Å². The van der Waals surface area contributed by atoms with Crippen LogP contribution in [0.3, 0.4) is 0 Å². The SMILES string of the molecule is CC(C)(C)OCN(CCNCc1ccccc1O)Cc1ccccc1O. The monoisotopic (exact) mass is 358 g/mol. The third-order valence-corrected chi connectivity index (χ3v) is 3.98. The van der Waals surface area contributed by atoms with Gasteiger partial charge in [0.05, 0.1) is 5.60 Å². The molecule has 0 aromatic heterocycles. The number of nitrogens with one attached hydrogen (secondary N) is 1.